The number of benzene rings is 3. The molecule has 0 bridgehead atoms. The minimum Gasteiger partial charge on any atom is -0.489 e. The van der Waals surface area contributed by atoms with Crippen molar-refractivity contribution in [1.29, 1.82) is 5.26 Å². The smallest absolute Gasteiger partial charge is 0.274 e. The van der Waals surface area contributed by atoms with E-state index in [0.29, 0.717) is 35.3 Å². The molecule has 1 aromatic heterocycles. The first-order chi connectivity index (χ1) is 16.8. The number of fused-ring (bicyclic) bond motifs is 1. The van der Waals surface area contributed by atoms with Crippen molar-refractivity contribution in [3.63, 3.8) is 0 Å². The third kappa shape index (κ3) is 6.15. The van der Waals surface area contributed by atoms with E-state index in [1.807, 2.05) is 36.4 Å². The Kier molecular flexibility index (Phi) is 7.30. The second kappa shape index (κ2) is 10.6. The zero-order valence-corrected chi connectivity index (χ0v) is 19.9. The number of ketones is 1. The summed E-state index contributed by atoms with van der Waals surface area (Å²) in [5, 5.41) is 9.34. The number of Topliss-reactive ketones (excluding diaryl/α,β-unsaturated/α-hetero) is 1. The molecule has 178 valence electrons. The number of aryl methyl sites for hydroxylation is 1. The lowest BCUT2D eigenvalue weighted by molar-refractivity contribution is -0.120. The van der Waals surface area contributed by atoms with Crippen molar-refractivity contribution in [2.24, 2.45) is 0 Å². The van der Waals surface area contributed by atoms with Gasteiger partial charge in [-0.25, -0.2) is 8.42 Å². The summed E-state index contributed by atoms with van der Waals surface area (Å²) < 4.78 is 39.0. The zero-order chi connectivity index (χ0) is 24.8. The minimum absolute atomic E-state index is 0.170. The van der Waals surface area contributed by atoms with Gasteiger partial charge in [0.05, 0.1) is 17.7 Å². The normalized spacial score (nSPS) is 12.2. The van der Waals surface area contributed by atoms with Crippen LogP contribution in [0.15, 0.2) is 88.4 Å². The molecule has 1 N–H and O–H groups in total. The lowest BCUT2D eigenvalue weighted by Crippen LogP contribution is -2.38. The number of rotatable bonds is 10. The average Bonchev–Trinajstić information content (AvgIpc) is 3.32. The van der Waals surface area contributed by atoms with Crippen molar-refractivity contribution in [3.8, 4) is 11.8 Å². The van der Waals surface area contributed by atoms with Gasteiger partial charge in [0.1, 0.15) is 17.9 Å². The Morgan fingerprint density at radius 1 is 1.03 bits per heavy atom. The molecule has 4 aromatic rings. The number of nitrogens with one attached hydrogen (secondary N) is 1. The number of sulfonamides is 1. The fourth-order valence-corrected chi connectivity index (χ4v) is 4.76. The SMILES string of the molecule is C[C@H](NS(=O)(=O)c1cc2ccccc2o1)C(=O)CCc1cccc(OCc2ccc(C#N)cc2)c1. The molecule has 0 aliphatic carbocycles. The van der Waals surface area contributed by atoms with Gasteiger partial charge in [0, 0.05) is 17.9 Å². The van der Waals surface area contributed by atoms with Gasteiger partial charge in [-0.15, -0.1) is 0 Å². The standard InChI is InChI=1S/C27H24N2O5S/c1-19(29-35(31,32)27-16-23-6-2-3-8-26(23)34-27)25(30)14-13-20-5-4-7-24(15-20)33-18-22-11-9-21(17-28)10-12-22/h2-12,15-16,19,29H,13-14,18H2,1H3/t19-/m0/s1. The van der Waals surface area contributed by atoms with Gasteiger partial charge in [0.2, 0.25) is 5.09 Å². The molecule has 0 aliphatic rings. The van der Waals surface area contributed by atoms with Crippen LogP contribution in [0.3, 0.4) is 0 Å². The lowest BCUT2D eigenvalue weighted by atomic mass is 10.0. The fraction of sp³-hybridized carbons (Fsp3) is 0.185. The molecular weight excluding hydrogens is 464 g/mol. The third-order valence-corrected chi connectivity index (χ3v) is 6.92. The summed E-state index contributed by atoms with van der Waals surface area (Å²) in [7, 11) is -3.97. The van der Waals surface area contributed by atoms with Crippen molar-refractivity contribution in [2.75, 3.05) is 0 Å². The van der Waals surface area contributed by atoms with E-state index in [1.54, 1.807) is 36.4 Å². The summed E-state index contributed by atoms with van der Waals surface area (Å²) in [5.74, 6) is 0.437. The van der Waals surface area contributed by atoms with Crippen LogP contribution in [0.4, 0.5) is 0 Å². The Labute approximate surface area is 204 Å². The van der Waals surface area contributed by atoms with Crippen LogP contribution >= 0.6 is 0 Å². The van der Waals surface area contributed by atoms with Gasteiger partial charge in [0.15, 0.2) is 5.78 Å². The number of nitrogens with zero attached hydrogens (tertiary/aromatic N) is 1. The van der Waals surface area contributed by atoms with Crippen LogP contribution in [0.2, 0.25) is 0 Å². The van der Waals surface area contributed by atoms with Gasteiger partial charge >= 0.3 is 0 Å². The van der Waals surface area contributed by atoms with E-state index in [1.165, 1.54) is 13.0 Å². The van der Waals surface area contributed by atoms with Crippen LogP contribution in [0, 0.1) is 11.3 Å². The van der Waals surface area contributed by atoms with Gasteiger partial charge in [0.25, 0.3) is 10.0 Å². The average molecular weight is 489 g/mol. The maximum Gasteiger partial charge on any atom is 0.274 e. The molecule has 0 aliphatic heterocycles. The van der Waals surface area contributed by atoms with E-state index in [4.69, 9.17) is 14.4 Å². The first-order valence-electron chi connectivity index (χ1n) is 11.1. The van der Waals surface area contributed by atoms with Crippen LogP contribution in [0.25, 0.3) is 11.0 Å². The molecular formula is C27H24N2O5S. The fourth-order valence-electron chi connectivity index (χ4n) is 3.56. The summed E-state index contributed by atoms with van der Waals surface area (Å²) in [6.45, 7) is 1.88. The Bertz CT molecular complexity index is 1450. The molecule has 7 nitrogen and oxygen atoms in total. The Morgan fingerprint density at radius 3 is 2.54 bits per heavy atom. The van der Waals surface area contributed by atoms with Crippen LogP contribution < -0.4 is 9.46 Å². The number of ether oxygens (including phenoxy) is 1. The van der Waals surface area contributed by atoms with E-state index >= 15 is 0 Å². The van der Waals surface area contributed by atoms with Gasteiger partial charge in [-0.2, -0.15) is 9.98 Å². The Morgan fingerprint density at radius 2 is 1.80 bits per heavy atom. The first-order valence-corrected chi connectivity index (χ1v) is 12.6. The summed E-state index contributed by atoms with van der Waals surface area (Å²) in [6.07, 6.45) is 0.618. The Balaban J connectivity index is 1.31. The summed E-state index contributed by atoms with van der Waals surface area (Å²) >= 11 is 0. The first kappa shape index (κ1) is 24.2. The molecule has 0 fully saturated rings. The predicted molar refractivity (Wildman–Crippen MR) is 131 cm³/mol. The predicted octanol–water partition coefficient (Wildman–Crippen LogP) is 4.75. The van der Waals surface area contributed by atoms with Crippen LogP contribution in [0.1, 0.15) is 30.0 Å². The van der Waals surface area contributed by atoms with Crippen LogP contribution in [0.5, 0.6) is 5.75 Å². The van der Waals surface area contributed by atoms with Crippen LogP contribution in [-0.2, 0) is 27.8 Å². The molecule has 0 radical (unpaired) electrons. The molecule has 1 heterocycles. The Hall–Kier alpha value is -3.93. The summed E-state index contributed by atoms with van der Waals surface area (Å²) in [6, 6.07) is 24.2. The number of hydrogen-bond acceptors (Lipinski definition) is 6. The van der Waals surface area contributed by atoms with E-state index < -0.39 is 16.1 Å². The maximum atomic E-state index is 12.7. The van der Waals surface area contributed by atoms with E-state index in [0.717, 1.165) is 11.1 Å². The molecule has 0 spiro atoms. The quantitative estimate of drug-likeness (QED) is 0.345. The number of para-hydroxylation sites is 1. The summed E-state index contributed by atoms with van der Waals surface area (Å²) in [4.78, 5) is 12.6. The van der Waals surface area contributed by atoms with Gasteiger partial charge in [-0.3, -0.25) is 4.79 Å². The molecule has 0 unspecified atom stereocenters. The molecule has 0 saturated carbocycles. The van der Waals surface area contributed by atoms with Gasteiger partial charge in [-0.05, 0) is 54.8 Å². The highest BCUT2D eigenvalue weighted by molar-refractivity contribution is 7.89. The highest BCUT2D eigenvalue weighted by Gasteiger charge is 2.25. The minimum atomic E-state index is -3.97. The second-order valence-electron chi connectivity index (χ2n) is 8.16. The van der Waals surface area contributed by atoms with Gasteiger partial charge < -0.3 is 9.15 Å². The molecule has 1 atom stereocenters. The lowest BCUT2D eigenvalue weighted by Gasteiger charge is -2.12. The number of carbonyl (C=O) groups excluding carboxylic acids is 1. The highest BCUT2D eigenvalue weighted by atomic mass is 32.2. The van der Waals surface area contributed by atoms with E-state index in [9.17, 15) is 13.2 Å². The molecule has 35 heavy (non-hydrogen) atoms. The van der Waals surface area contributed by atoms with Crippen molar-refractivity contribution in [2.45, 2.75) is 37.5 Å². The molecule has 3 aromatic carbocycles. The molecule has 8 heteroatoms. The topological polar surface area (TPSA) is 109 Å². The molecule has 4 rings (SSSR count). The van der Waals surface area contributed by atoms with Crippen LogP contribution in [-0.4, -0.2) is 20.2 Å². The highest BCUT2D eigenvalue weighted by Crippen LogP contribution is 2.23. The maximum absolute atomic E-state index is 12.7. The molecule has 0 saturated heterocycles. The van der Waals surface area contributed by atoms with E-state index in [-0.39, 0.29) is 17.3 Å². The van der Waals surface area contributed by atoms with E-state index in [2.05, 4.69) is 10.8 Å². The van der Waals surface area contributed by atoms with Crippen molar-refractivity contribution in [3.05, 3.63) is 95.6 Å². The molecule has 0 amide bonds. The van der Waals surface area contributed by atoms with Gasteiger partial charge in [-0.1, -0.05) is 42.5 Å². The van der Waals surface area contributed by atoms with Crippen molar-refractivity contribution in [1.82, 2.24) is 4.72 Å². The summed E-state index contributed by atoms with van der Waals surface area (Å²) in [5.41, 5.74) is 2.90. The largest absolute Gasteiger partial charge is 0.489 e. The number of nitriles is 1. The number of carbonyl (C=O) groups is 1. The number of furan rings is 1. The van der Waals surface area contributed by atoms with Crippen molar-refractivity contribution < 1.29 is 22.4 Å². The second-order valence-corrected chi connectivity index (χ2v) is 9.80. The van der Waals surface area contributed by atoms with Crippen molar-refractivity contribution >= 4 is 26.8 Å². The number of hydrogen-bond donors (Lipinski definition) is 1. The third-order valence-electron chi connectivity index (χ3n) is 5.53. The zero-order valence-electron chi connectivity index (χ0n) is 19.1. The monoisotopic (exact) mass is 488 g/mol.